The third-order valence-corrected chi connectivity index (χ3v) is 6.13. The lowest BCUT2D eigenvalue weighted by Gasteiger charge is -2.30. The first kappa shape index (κ1) is 17.1. The van der Waals surface area contributed by atoms with Crippen molar-refractivity contribution in [1.29, 1.82) is 0 Å². The van der Waals surface area contributed by atoms with Crippen molar-refractivity contribution in [2.75, 3.05) is 0 Å². The molecule has 1 aromatic heterocycles. The minimum atomic E-state index is -3.66. The van der Waals surface area contributed by atoms with Gasteiger partial charge in [-0.15, -0.1) is 0 Å². The van der Waals surface area contributed by atoms with Crippen LogP contribution in [0.1, 0.15) is 55.8 Å². The number of aryl methyl sites for hydroxylation is 2. The van der Waals surface area contributed by atoms with E-state index >= 15 is 0 Å². The number of benzene rings is 1. The van der Waals surface area contributed by atoms with Crippen LogP contribution in [-0.4, -0.2) is 18.6 Å². The molecule has 130 valence electrons. The largest absolute Gasteiger partial charge is 0.340 e. The maximum atomic E-state index is 12.9. The minimum Gasteiger partial charge on any atom is -0.340 e. The van der Waals surface area contributed by atoms with Crippen LogP contribution in [0.5, 0.6) is 0 Å². The summed E-state index contributed by atoms with van der Waals surface area (Å²) in [4.78, 5) is 4.60. The van der Waals surface area contributed by atoms with Gasteiger partial charge in [0.2, 0.25) is 15.9 Å². The van der Waals surface area contributed by atoms with Crippen LogP contribution in [0.4, 0.5) is 0 Å². The lowest BCUT2D eigenvalue weighted by atomic mass is 9.91. The Labute approximate surface area is 142 Å². The van der Waals surface area contributed by atoms with E-state index in [9.17, 15) is 8.42 Å². The lowest BCUT2D eigenvalue weighted by Crippen LogP contribution is -2.46. The Hall–Kier alpha value is -1.73. The zero-order valence-corrected chi connectivity index (χ0v) is 14.9. The van der Waals surface area contributed by atoms with Crippen molar-refractivity contribution in [2.24, 2.45) is 0 Å². The number of rotatable bonds is 4. The summed E-state index contributed by atoms with van der Waals surface area (Å²) in [6.07, 6.45) is 5.40. The average Bonchev–Trinajstić information content (AvgIpc) is 2.84. The van der Waals surface area contributed by atoms with E-state index in [0.29, 0.717) is 24.6 Å². The van der Waals surface area contributed by atoms with Crippen molar-refractivity contribution in [3.05, 3.63) is 41.5 Å². The number of nitrogens with zero attached hydrogens (tertiary/aromatic N) is 2. The van der Waals surface area contributed by atoms with E-state index in [2.05, 4.69) is 14.9 Å². The summed E-state index contributed by atoms with van der Waals surface area (Å²) >= 11 is 0. The Balaban J connectivity index is 1.98. The van der Waals surface area contributed by atoms with Gasteiger partial charge < -0.3 is 4.52 Å². The standard InChI is InChI=1S/C17H23N3O3S/c1-13-7-9-15(10-8-13)24(21,22)20-17(11-5-3-4-6-12-17)16-18-14(2)23-19-16/h7-10,20H,3-6,11-12H2,1-2H3. The van der Waals surface area contributed by atoms with Crippen LogP contribution in [0.15, 0.2) is 33.7 Å². The van der Waals surface area contributed by atoms with Crippen LogP contribution in [0.2, 0.25) is 0 Å². The summed E-state index contributed by atoms with van der Waals surface area (Å²) in [5, 5.41) is 4.03. The summed E-state index contributed by atoms with van der Waals surface area (Å²) in [7, 11) is -3.66. The Morgan fingerprint density at radius 3 is 2.21 bits per heavy atom. The van der Waals surface area contributed by atoms with Crippen molar-refractivity contribution in [2.45, 2.75) is 62.8 Å². The third-order valence-electron chi connectivity index (χ3n) is 4.57. The molecule has 0 unspecified atom stereocenters. The van der Waals surface area contributed by atoms with Gasteiger partial charge in [0.1, 0.15) is 0 Å². The van der Waals surface area contributed by atoms with E-state index in [0.717, 1.165) is 31.2 Å². The van der Waals surface area contributed by atoms with E-state index < -0.39 is 15.6 Å². The van der Waals surface area contributed by atoms with E-state index in [4.69, 9.17) is 4.52 Å². The van der Waals surface area contributed by atoms with Crippen LogP contribution in [0.3, 0.4) is 0 Å². The fourth-order valence-electron chi connectivity index (χ4n) is 3.23. The lowest BCUT2D eigenvalue weighted by molar-refractivity contribution is 0.301. The molecule has 6 nitrogen and oxygen atoms in total. The van der Waals surface area contributed by atoms with Gasteiger partial charge in [0, 0.05) is 6.92 Å². The van der Waals surface area contributed by atoms with Gasteiger partial charge in [0.15, 0.2) is 5.82 Å². The second-order valence-corrected chi connectivity index (χ2v) is 8.23. The predicted molar refractivity (Wildman–Crippen MR) is 89.9 cm³/mol. The molecule has 7 heteroatoms. The Kier molecular flexibility index (Phi) is 4.73. The molecule has 2 aromatic rings. The first-order chi connectivity index (χ1) is 11.4. The highest BCUT2D eigenvalue weighted by molar-refractivity contribution is 7.89. The zero-order chi connectivity index (χ0) is 17.2. The summed E-state index contributed by atoms with van der Waals surface area (Å²) in [6, 6.07) is 6.85. The van der Waals surface area contributed by atoms with Crippen LogP contribution in [0, 0.1) is 13.8 Å². The van der Waals surface area contributed by atoms with Crippen molar-refractivity contribution in [3.63, 3.8) is 0 Å². The summed E-state index contributed by atoms with van der Waals surface area (Å²) < 4.78 is 33.8. The highest BCUT2D eigenvalue weighted by Crippen LogP contribution is 2.36. The van der Waals surface area contributed by atoms with Crippen molar-refractivity contribution >= 4 is 10.0 Å². The van der Waals surface area contributed by atoms with Crippen molar-refractivity contribution in [3.8, 4) is 0 Å². The maximum absolute atomic E-state index is 12.9. The molecular weight excluding hydrogens is 326 g/mol. The third kappa shape index (κ3) is 3.52. The molecule has 1 fully saturated rings. The summed E-state index contributed by atoms with van der Waals surface area (Å²) in [5.41, 5.74) is 0.227. The molecule has 0 atom stereocenters. The quantitative estimate of drug-likeness (QED) is 0.857. The van der Waals surface area contributed by atoms with Gasteiger partial charge in [0.25, 0.3) is 0 Å². The molecule has 0 amide bonds. The molecule has 1 aromatic carbocycles. The predicted octanol–water partition coefficient (Wildman–Crippen LogP) is 3.21. The number of hydrogen-bond acceptors (Lipinski definition) is 5. The number of aromatic nitrogens is 2. The van der Waals surface area contributed by atoms with Gasteiger partial charge in [-0.05, 0) is 31.9 Å². The fourth-order valence-corrected chi connectivity index (χ4v) is 4.65. The first-order valence-electron chi connectivity index (χ1n) is 8.33. The van der Waals surface area contributed by atoms with E-state index in [1.54, 1.807) is 31.2 Å². The van der Waals surface area contributed by atoms with Gasteiger partial charge >= 0.3 is 0 Å². The van der Waals surface area contributed by atoms with Crippen LogP contribution in [-0.2, 0) is 15.6 Å². The molecule has 0 radical (unpaired) electrons. The van der Waals surface area contributed by atoms with Gasteiger partial charge in [-0.2, -0.15) is 9.71 Å². The Morgan fingerprint density at radius 2 is 1.67 bits per heavy atom. The number of hydrogen-bond donors (Lipinski definition) is 1. The number of sulfonamides is 1. The minimum absolute atomic E-state index is 0.261. The molecule has 1 aliphatic carbocycles. The molecule has 0 saturated heterocycles. The SMILES string of the molecule is Cc1ccc(S(=O)(=O)NC2(c3noc(C)n3)CCCCCC2)cc1. The molecule has 0 bridgehead atoms. The highest BCUT2D eigenvalue weighted by Gasteiger charge is 2.41. The van der Waals surface area contributed by atoms with Gasteiger partial charge in [-0.3, -0.25) is 0 Å². The van der Waals surface area contributed by atoms with Gasteiger partial charge in [-0.25, -0.2) is 8.42 Å². The van der Waals surface area contributed by atoms with E-state index in [1.807, 2.05) is 6.92 Å². The van der Waals surface area contributed by atoms with Crippen LogP contribution >= 0.6 is 0 Å². The molecule has 24 heavy (non-hydrogen) atoms. The zero-order valence-electron chi connectivity index (χ0n) is 14.1. The number of nitrogens with one attached hydrogen (secondary N) is 1. The summed E-state index contributed by atoms with van der Waals surface area (Å²) in [6.45, 7) is 3.65. The fraction of sp³-hybridized carbons (Fsp3) is 0.529. The monoisotopic (exact) mass is 349 g/mol. The second kappa shape index (κ2) is 6.64. The normalized spacial score (nSPS) is 18.2. The molecule has 1 heterocycles. The molecular formula is C17H23N3O3S. The first-order valence-corrected chi connectivity index (χ1v) is 9.81. The molecule has 3 rings (SSSR count). The second-order valence-electron chi connectivity index (χ2n) is 6.55. The Bertz CT molecular complexity index is 789. The molecule has 1 N–H and O–H groups in total. The highest BCUT2D eigenvalue weighted by atomic mass is 32.2. The molecule has 0 spiro atoms. The van der Waals surface area contributed by atoms with E-state index in [-0.39, 0.29) is 4.90 Å². The van der Waals surface area contributed by atoms with Crippen molar-refractivity contribution < 1.29 is 12.9 Å². The topological polar surface area (TPSA) is 85.1 Å². The maximum Gasteiger partial charge on any atom is 0.241 e. The van der Waals surface area contributed by atoms with Crippen molar-refractivity contribution in [1.82, 2.24) is 14.9 Å². The molecule has 1 aliphatic rings. The molecule has 0 aliphatic heterocycles. The molecule has 1 saturated carbocycles. The van der Waals surface area contributed by atoms with Crippen LogP contribution < -0.4 is 4.72 Å². The van der Waals surface area contributed by atoms with Crippen LogP contribution in [0.25, 0.3) is 0 Å². The smallest absolute Gasteiger partial charge is 0.241 e. The van der Waals surface area contributed by atoms with E-state index in [1.165, 1.54) is 0 Å². The van der Waals surface area contributed by atoms with Gasteiger partial charge in [-0.1, -0.05) is 48.5 Å². The average molecular weight is 349 g/mol. The Morgan fingerprint density at radius 1 is 1.04 bits per heavy atom. The summed E-state index contributed by atoms with van der Waals surface area (Å²) in [5.74, 6) is 0.890. The van der Waals surface area contributed by atoms with Gasteiger partial charge in [0.05, 0.1) is 10.4 Å².